The summed E-state index contributed by atoms with van der Waals surface area (Å²) >= 11 is 0. The number of aliphatic hydroxyl groups is 2. The molecule has 13 nitrogen and oxygen atoms in total. The molecule has 26 heavy (non-hydrogen) atoms. The van der Waals surface area contributed by atoms with Crippen molar-refractivity contribution in [1.29, 1.82) is 0 Å². The van der Waals surface area contributed by atoms with E-state index in [4.69, 9.17) is 15.9 Å². The zero-order valence-corrected chi connectivity index (χ0v) is 13.8. The van der Waals surface area contributed by atoms with Gasteiger partial charge in [0, 0.05) is 0 Å². The third kappa shape index (κ3) is 7.87. The predicted octanol–water partition coefficient (Wildman–Crippen LogP) is -4.67. The summed E-state index contributed by atoms with van der Waals surface area (Å²) in [6, 6.07) is -4.91. The second-order valence-corrected chi connectivity index (χ2v) is 5.23. The van der Waals surface area contributed by atoms with Gasteiger partial charge < -0.3 is 42.1 Å². The molecule has 0 aliphatic carbocycles. The molecule has 4 atom stereocenters. The van der Waals surface area contributed by atoms with Crippen LogP contribution in [0.5, 0.6) is 0 Å². The Morgan fingerprint density at radius 1 is 0.962 bits per heavy atom. The second kappa shape index (κ2) is 11.0. The highest BCUT2D eigenvalue weighted by Crippen LogP contribution is 1.98. The van der Waals surface area contributed by atoms with Gasteiger partial charge in [-0.3, -0.25) is 19.2 Å². The number of nitrogens with two attached hydrogens (primary N) is 1. The molecule has 13 heteroatoms. The lowest BCUT2D eigenvalue weighted by Crippen LogP contribution is -2.59. The van der Waals surface area contributed by atoms with Crippen molar-refractivity contribution in [2.75, 3.05) is 13.2 Å². The Morgan fingerprint density at radius 3 is 1.88 bits per heavy atom. The van der Waals surface area contributed by atoms with Crippen molar-refractivity contribution in [2.45, 2.75) is 37.6 Å². The highest BCUT2D eigenvalue weighted by molar-refractivity contribution is 5.94. The normalized spacial score (nSPS) is 15.1. The Bertz CT molecular complexity index is 552. The van der Waals surface area contributed by atoms with Crippen molar-refractivity contribution in [2.24, 2.45) is 5.73 Å². The number of carboxylic acid groups (broad SMARTS) is 2. The molecule has 0 heterocycles. The first-order chi connectivity index (χ1) is 12.0. The lowest BCUT2D eigenvalue weighted by Gasteiger charge is -2.24. The molecule has 0 aromatic carbocycles. The van der Waals surface area contributed by atoms with Crippen LogP contribution < -0.4 is 21.7 Å². The number of rotatable bonds is 11. The molecule has 0 saturated carbocycles. The Hall–Kier alpha value is -2.77. The minimum absolute atomic E-state index is 0.462. The molecule has 0 spiro atoms. The topological polar surface area (TPSA) is 228 Å². The first-order valence-electron chi connectivity index (χ1n) is 7.37. The molecule has 0 fully saturated rings. The van der Waals surface area contributed by atoms with Gasteiger partial charge >= 0.3 is 11.9 Å². The smallest absolute Gasteiger partial charge is 0.326 e. The van der Waals surface area contributed by atoms with Crippen LogP contribution in [0.15, 0.2) is 0 Å². The standard InChI is InChI=1S/C13H22N4O9/c1-5(19)10(17-8(20)3-14)12(24)16-7(4-18)11(23)15-6(13(25)26)2-9(21)22/h5-7,10,18-19H,2-4,14H2,1H3,(H,15,23)(H,16,24)(H,17,20)(H,21,22)(H,25,26). The van der Waals surface area contributed by atoms with Crippen LogP contribution in [0, 0.1) is 0 Å². The van der Waals surface area contributed by atoms with E-state index in [1.165, 1.54) is 6.92 Å². The zero-order valence-electron chi connectivity index (χ0n) is 13.8. The van der Waals surface area contributed by atoms with E-state index < -0.39 is 73.5 Å². The second-order valence-electron chi connectivity index (χ2n) is 5.23. The van der Waals surface area contributed by atoms with E-state index in [9.17, 15) is 34.2 Å². The molecule has 0 aromatic rings. The van der Waals surface area contributed by atoms with Gasteiger partial charge in [0.1, 0.15) is 18.1 Å². The highest BCUT2D eigenvalue weighted by Gasteiger charge is 2.31. The molecule has 148 valence electrons. The van der Waals surface area contributed by atoms with E-state index >= 15 is 0 Å². The van der Waals surface area contributed by atoms with Crippen molar-refractivity contribution in [3.8, 4) is 0 Å². The maximum atomic E-state index is 12.1. The van der Waals surface area contributed by atoms with Crippen LogP contribution in [0.1, 0.15) is 13.3 Å². The first-order valence-corrected chi connectivity index (χ1v) is 7.37. The van der Waals surface area contributed by atoms with Crippen molar-refractivity contribution >= 4 is 29.7 Å². The fraction of sp³-hybridized carbons (Fsp3) is 0.615. The molecule has 0 radical (unpaired) electrons. The highest BCUT2D eigenvalue weighted by atomic mass is 16.4. The number of nitrogens with one attached hydrogen (secondary N) is 3. The van der Waals surface area contributed by atoms with Crippen molar-refractivity contribution < 1.29 is 44.4 Å². The minimum Gasteiger partial charge on any atom is -0.481 e. The van der Waals surface area contributed by atoms with Gasteiger partial charge in [0.15, 0.2) is 0 Å². The number of carboxylic acids is 2. The fourth-order valence-corrected chi connectivity index (χ4v) is 1.74. The van der Waals surface area contributed by atoms with Crippen LogP contribution in [0.2, 0.25) is 0 Å². The van der Waals surface area contributed by atoms with Crippen LogP contribution in [0.4, 0.5) is 0 Å². The van der Waals surface area contributed by atoms with E-state index in [1.54, 1.807) is 0 Å². The molecule has 0 bridgehead atoms. The molecule has 0 rings (SSSR count). The Morgan fingerprint density at radius 2 is 1.50 bits per heavy atom. The Labute approximate surface area is 147 Å². The number of hydrogen-bond donors (Lipinski definition) is 8. The quantitative estimate of drug-likeness (QED) is 0.171. The summed E-state index contributed by atoms with van der Waals surface area (Å²) in [4.78, 5) is 56.8. The van der Waals surface area contributed by atoms with E-state index in [2.05, 4.69) is 5.32 Å². The average molecular weight is 378 g/mol. The maximum absolute atomic E-state index is 12.1. The lowest BCUT2D eigenvalue weighted by atomic mass is 10.1. The number of aliphatic carboxylic acids is 2. The van der Waals surface area contributed by atoms with E-state index in [0.717, 1.165) is 0 Å². The average Bonchev–Trinajstić information content (AvgIpc) is 2.55. The number of carbonyl (C=O) groups excluding carboxylic acids is 3. The number of amides is 3. The van der Waals surface area contributed by atoms with Crippen LogP contribution in [0.3, 0.4) is 0 Å². The summed E-state index contributed by atoms with van der Waals surface area (Å²) in [6.45, 7) is -0.230. The Balaban J connectivity index is 5.06. The molecule has 9 N–H and O–H groups in total. The van der Waals surface area contributed by atoms with Crippen LogP contribution in [0.25, 0.3) is 0 Å². The third-order valence-electron chi connectivity index (χ3n) is 3.08. The lowest BCUT2D eigenvalue weighted by molar-refractivity contribution is -0.147. The summed E-state index contributed by atoms with van der Waals surface area (Å²) in [5, 5.41) is 42.2. The Kier molecular flexibility index (Phi) is 9.80. The molecule has 0 saturated heterocycles. The molecular formula is C13H22N4O9. The first kappa shape index (κ1) is 23.2. The summed E-state index contributed by atoms with van der Waals surface area (Å²) in [5.74, 6) is -6.07. The van der Waals surface area contributed by atoms with Gasteiger partial charge in [-0.2, -0.15) is 0 Å². The molecule has 0 aromatic heterocycles. The fourth-order valence-electron chi connectivity index (χ4n) is 1.74. The summed E-state index contributed by atoms with van der Waals surface area (Å²) < 4.78 is 0. The number of hydrogen-bond acceptors (Lipinski definition) is 8. The maximum Gasteiger partial charge on any atom is 0.326 e. The predicted molar refractivity (Wildman–Crippen MR) is 83.5 cm³/mol. The van der Waals surface area contributed by atoms with Crippen LogP contribution >= 0.6 is 0 Å². The van der Waals surface area contributed by atoms with Gasteiger partial charge in [0.05, 0.1) is 25.7 Å². The minimum atomic E-state index is -1.78. The summed E-state index contributed by atoms with van der Waals surface area (Å²) in [5.41, 5.74) is 5.09. The van der Waals surface area contributed by atoms with E-state index in [0.29, 0.717) is 0 Å². The van der Waals surface area contributed by atoms with E-state index in [1.807, 2.05) is 10.6 Å². The van der Waals surface area contributed by atoms with Gasteiger partial charge in [0.2, 0.25) is 17.7 Å². The molecule has 4 unspecified atom stereocenters. The molecule has 0 aliphatic heterocycles. The van der Waals surface area contributed by atoms with Gasteiger partial charge in [-0.1, -0.05) is 0 Å². The zero-order chi connectivity index (χ0) is 20.4. The van der Waals surface area contributed by atoms with Gasteiger partial charge in [0.25, 0.3) is 0 Å². The molecule has 3 amide bonds. The summed E-state index contributed by atoms with van der Waals surface area (Å²) in [7, 11) is 0. The van der Waals surface area contributed by atoms with Gasteiger partial charge in [-0.15, -0.1) is 0 Å². The number of carbonyl (C=O) groups is 5. The van der Waals surface area contributed by atoms with Crippen molar-refractivity contribution in [3.05, 3.63) is 0 Å². The summed E-state index contributed by atoms with van der Waals surface area (Å²) in [6.07, 6.45) is -2.29. The third-order valence-corrected chi connectivity index (χ3v) is 3.08. The van der Waals surface area contributed by atoms with Crippen LogP contribution in [-0.2, 0) is 24.0 Å². The van der Waals surface area contributed by atoms with Crippen molar-refractivity contribution in [1.82, 2.24) is 16.0 Å². The van der Waals surface area contributed by atoms with Crippen molar-refractivity contribution in [3.63, 3.8) is 0 Å². The van der Waals surface area contributed by atoms with Crippen LogP contribution in [-0.4, -0.2) is 87.5 Å². The molecule has 0 aliphatic rings. The largest absolute Gasteiger partial charge is 0.481 e. The monoisotopic (exact) mass is 378 g/mol. The number of aliphatic hydroxyl groups excluding tert-OH is 2. The van der Waals surface area contributed by atoms with E-state index in [-0.39, 0.29) is 0 Å². The SMILES string of the molecule is CC(O)C(NC(=O)CN)C(=O)NC(CO)C(=O)NC(CC(=O)O)C(=O)O. The molecular weight excluding hydrogens is 356 g/mol. The van der Waals surface area contributed by atoms with Gasteiger partial charge in [-0.25, -0.2) is 4.79 Å². The van der Waals surface area contributed by atoms with Gasteiger partial charge in [-0.05, 0) is 6.92 Å².